The van der Waals surface area contributed by atoms with Crippen molar-refractivity contribution in [1.29, 1.82) is 0 Å². The Labute approximate surface area is 216 Å². The molecule has 0 bridgehead atoms. The molecule has 1 aliphatic heterocycles. The summed E-state index contributed by atoms with van der Waals surface area (Å²) in [7, 11) is 0. The van der Waals surface area contributed by atoms with Crippen molar-refractivity contribution in [2.75, 3.05) is 18.4 Å². The number of hydrogen-bond acceptors (Lipinski definition) is 8. The fourth-order valence-electron chi connectivity index (χ4n) is 3.78. The Bertz CT molecular complexity index is 1420. The van der Waals surface area contributed by atoms with E-state index in [1.807, 2.05) is 31.2 Å². The SMILES string of the molecule is Cc1cccn2c(=O)c(/C=C3\SC(=S)N(CCCC(=O)O)C3=O)c(NC[C@@H](O)c3ccccc3)nc12. The Morgan fingerprint density at radius 3 is 2.69 bits per heavy atom. The lowest BCUT2D eigenvalue weighted by molar-refractivity contribution is -0.137. The summed E-state index contributed by atoms with van der Waals surface area (Å²) in [5.74, 6) is -1.10. The number of amides is 1. The molecule has 9 nitrogen and oxygen atoms in total. The van der Waals surface area contributed by atoms with Gasteiger partial charge in [-0.05, 0) is 36.6 Å². The van der Waals surface area contributed by atoms with Gasteiger partial charge in [-0.3, -0.25) is 23.7 Å². The summed E-state index contributed by atoms with van der Waals surface area (Å²) in [6.07, 6.45) is 2.40. The maximum Gasteiger partial charge on any atom is 0.303 e. The van der Waals surface area contributed by atoms with E-state index in [4.69, 9.17) is 17.3 Å². The largest absolute Gasteiger partial charge is 0.481 e. The highest BCUT2D eigenvalue weighted by atomic mass is 32.2. The number of benzene rings is 1. The number of aryl methyl sites for hydroxylation is 1. The van der Waals surface area contributed by atoms with Crippen LogP contribution in [0.4, 0.5) is 5.82 Å². The molecular weight excluding hydrogens is 500 g/mol. The highest BCUT2D eigenvalue weighted by Crippen LogP contribution is 2.33. The molecule has 11 heteroatoms. The number of aliphatic hydroxyl groups is 1. The number of carbonyl (C=O) groups is 2. The van der Waals surface area contributed by atoms with Crippen LogP contribution in [0.15, 0.2) is 58.4 Å². The van der Waals surface area contributed by atoms with E-state index in [2.05, 4.69) is 10.3 Å². The maximum absolute atomic E-state index is 13.5. The zero-order valence-electron chi connectivity index (χ0n) is 19.4. The lowest BCUT2D eigenvalue weighted by atomic mass is 10.1. The average molecular weight is 525 g/mol. The van der Waals surface area contributed by atoms with E-state index in [0.29, 0.717) is 15.5 Å². The molecule has 1 aromatic carbocycles. The van der Waals surface area contributed by atoms with Gasteiger partial charge in [0.1, 0.15) is 15.8 Å². The molecule has 1 saturated heterocycles. The number of thioether (sulfide) groups is 1. The summed E-state index contributed by atoms with van der Waals surface area (Å²) < 4.78 is 1.71. The molecule has 3 heterocycles. The molecule has 1 amide bonds. The van der Waals surface area contributed by atoms with Gasteiger partial charge in [0, 0.05) is 25.7 Å². The van der Waals surface area contributed by atoms with Crippen LogP contribution < -0.4 is 10.9 Å². The monoisotopic (exact) mass is 524 g/mol. The number of pyridine rings is 1. The summed E-state index contributed by atoms with van der Waals surface area (Å²) in [5.41, 5.74) is 1.73. The summed E-state index contributed by atoms with van der Waals surface area (Å²) in [6, 6.07) is 12.7. The first-order chi connectivity index (χ1) is 17.3. The van der Waals surface area contributed by atoms with Crippen molar-refractivity contribution in [2.24, 2.45) is 0 Å². The summed E-state index contributed by atoms with van der Waals surface area (Å²) in [5, 5.41) is 22.6. The van der Waals surface area contributed by atoms with Crippen LogP contribution in [-0.2, 0) is 9.59 Å². The van der Waals surface area contributed by atoms with E-state index in [1.165, 1.54) is 15.4 Å². The minimum atomic E-state index is -0.949. The Morgan fingerprint density at radius 1 is 1.22 bits per heavy atom. The molecule has 1 aliphatic rings. The van der Waals surface area contributed by atoms with E-state index in [9.17, 15) is 19.5 Å². The van der Waals surface area contributed by atoms with Crippen LogP contribution in [0.3, 0.4) is 0 Å². The van der Waals surface area contributed by atoms with E-state index >= 15 is 0 Å². The number of aliphatic carboxylic acids is 1. The van der Waals surface area contributed by atoms with Gasteiger partial charge in [0.15, 0.2) is 0 Å². The lowest BCUT2D eigenvalue weighted by Crippen LogP contribution is -2.29. The van der Waals surface area contributed by atoms with Crippen molar-refractivity contribution in [2.45, 2.75) is 25.9 Å². The number of thiocarbonyl (C=S) groups is 1. The van der Waals surface area contributed by atoms with Gasteiger partial charge in [0.25, 0.3) is 11.5 Å². The highest BCUT2D eigenvalue weighted by Gasteiger charge is 2.32. The van der Waals surface area contributed by atoms with Crippen molar-refractivity contribution in [3.63, 3.8) is 0 Å². The normalized spacial score (nSPS) is 15.6. The quantitative estimate of drug-likeness (QED) is 0.286. The zero-order valence-corrected chi connectivity index (χ0v) is 21.0. The second-order valence-corrected chi connectivity index (χ2v) is 9.88. The second-order valence-electron chi connectivity index (χ2n) is 8.20. The van der Waals surface area contributed by atoms with Gasteiger partial charge >= 0.3 is 5.97 Å². The second kappa shape index (κ2) is 11.0. The van der Waals surface area contributed by atoms with E-state index in [1.54, 1.807) is 24.4 Å². The van der Waals surface area contributed by atoms with Crippen LogP contribution in [-0.4, -0.2) is 53.8 Å². The third kappa shape index (κ3) is 5.48. The zero-order chi connectivity index (χ0) is 25.8. The minimum Gasteiger partial charge on any atom is -0.481 e. The molecule has 3 aromatic rings. The van der Waals surface area contributed by atoms with E-state index in [0.717, 1.165) is 17.3 Å². The molecule has 36 heavy (non-hydrogen) atoms. The van der Waals surface area contributed by atoms with Crippen LogP contribution in [0.25, 0.3) is 11.7 Å². The molecular formula is C25H24N4O5S2. The highest BCUT2D eigenvalue weighted by molar-refractivity contribution is 8.26. The van der Waals surface area contributed by atoms with Gasteiger partial charge in [0.2, 0.25) is 0 Å². The molecule has 2 aromatic heterocycles. The molecule has 1 fully saturated rings. The van der Waals surface area contributed by atoms with Crippen molar-refractivity contribution in [3.05, 3.63) is 80.6 Å². The number of nitrogens with one attached hydrogen (secondary N) is 1. The van der Waals surface area contributed by atoms with E-state index < -0.39 is 12.1 Å². The fraction of sp³-hybridized carbons (Fsp3) is 0.240. The van der Waals surface area contributed by atoms with Gasteiger partial charge in [-0.2, -0.15) is 0 Å². The number of hydrogen-bond donors (Lipinski definition) is 3. The smallest absolute Gasteiger partial charge is 0.303 e. The number of carboxylic acid groups (broad SMARTS) is 1. The number of anilines is 1. The Kier molecular flexibility index (Phi) is 7.82. The van der Waals surface area contributed by atoms with E-state index in [-0.39, 0.29) is 53.7 Å². The summed E-state index contributed by atoms with van der Waals surface area (Å²) in [4.78, 5) is 43.5. The number of nitrogens with zero attached hydrogens (tertiary/aromatic N) is 3. The predicted octanol–water partition coefficient (Wildman–Crippen LogP) is 3.21. The van der Waals surface area contributed by atoms with Crippen LogP contribution in [0, 0.1) is 6.92 Å². The van der Waals surface area contributed by atoms with Crippen molar-refractivity contribution in [3.8, 4) is 0 Å². The first-order valence-electron chi connectivity index (χ1n) is 11.2. The number of fused-ring (bicyclic) bond motifs is 1. The van der Waals surface area contributed by atoms with Crippen molar-refractivity contribution < 1.29 is 19.8 Å². The predicted molar refractivity (Wildman–Crippen MR) is 143 cm³/mol. The van der Waals surface area contributed by atoms with Crippen molar-refractivity contribution in [1.82, 2.24) is 14.3 Å². The fourth-order valence-corrected chi connectivity index (χ4v) is 5.07. The minimum absolute atomic E-state index is 0.0801. The third-order valence-corrected chi connectivity index (χ3v) is 7.03. The number of rotatable bonds is 9. The molecule has 4 rings (SSSR count). The summed E-state index contributed by atoms with van der Waals surface area (Å²) >= 11 is 6.37. The summed E-state index contributed by atoms with van der Waals surface area (Å²) in [6.45, 7) is 2.11. The Balaban J connectivity index is 1.69. The van der Waals surface area contributed by atoms with Crippen LogP contribution in [0.2, 0.25) is 0 Å². The number of carboxylic acids is 1. The Hall–Kier alpha value is -3.54. The third-order valence-electron chi connectivity index (χ3n) is 5.65. The first-order valence-corrected chi connectivity index (χ1v) is 12.4. The molecule has 0 radical (unpaired) electrons. The lowest BCUT2D eigenvalue weighted by Gasteiger charge is -2.15. The van der Waals surface area contributed by atoms with Crippen LogP contribution in [0.1, 0.15) is 35.6 Å². The molecule has 186 valence electrons. The van der Waals surface area contributed by atoms with Crippen molar-refractivity contribution >= 4 is 57.7 Å². The Morgan fingerprint density at radius 2 is 1.97 bits per heavy atom. The maximum atomic E-state index is 13.5. The number of carbonyl (C=O) groups excluding carboxylic acids is 1. The van der Waals surface area contributed by atoms with Gasteiger partial charge in [-0.25, -0.2) is 4.98 Å². The van der Waals surface area contributed by atoms with Crippen LogP contribution >= 0.6 is 24.0 Å². The topological polar surface area (TPSA) is 124 Å². The molecule has 0 aliphatic carbocycles. The molecule has 0 spiro atoms. The molecule has 1 atom stereocenters. The molecule has 3 N–H and O–H groups in total. The number of aromatic nitrogens is 2. The first kappa shape index (κ1) is 25.5. The number of aliphatic hydroxyl groups excluding tert-OH is 1. The van der Waals surface area contributed by atoms with Gasteiger partial charge in [-0.15, -0.1) is 0 Å². The average Bonchev–Trinajstić information content (AvgIpc) is 3.12. The van der Waals surface area contributed by atoms with Gasteiger partial charge < -0.3 is 15.5 Å². The van der Waals surface area contributed by atoms with Crippen LogP contribution in [0.5, 0.6) is 0 Å². The molecule has 0 unspecified atom stereocenters. The van der Waals surface area contributed by atoms with Gasteiger partial charge in [0.05, 0.1) is 16.6 Å². The van der Waals surface area contributed by atoms with Gasteiger partial charge in [-0.1, -0.05) is 60.4 Å². The standard InChI is InChI=1S/C25H24N4O5S2/c1-15-7-5-11-28-22(15)27-21(26-14-18(30)16-8-3-2-4-9-16)17(23(28)33)13-19-24(34)29(25(35)36-19)12-6-10-20(31)32/h2-5,7-9,11,13,18,26,30H,6,10,12,14H2,1H3,(H,31,32)/b19-13-/t18-/m1/s1. The molecule has 0 saturated carbocycles.